The molecule has 0 aromatic carbocycles. The quantitative estimate of drug-likeness (QED) is 0.405. The molecule has 0 aromatic rings. The van der Waals surface area contributed by atoms with Crippen LogP contribution in [0, 0.1) is 16.7 Å². The number of nitriles is 1. The van der Waals surface area contributed by atoms with Crippen molar-refractivity contribution in [1.29, 1.82) is 5.26 Å². The van der Waals surface area contributed by atoms with Crippen LogP contribution in [0.4, 0.5) is 0 Å². The first-order chi connectivity index (χ1) is 10.6. The van der Waals surface area contributed by atoms with Gasteiger partial charge in [0.25, 0.3) is 0 Å². The van der Waals surface area contributed by atoms with Crippen LogP contribution in [-0.2, 0) is 19.1 Å². The van der Waals surface area contributed by atoms with Gasteiger partial charge in [0.05, 0.1) is 25.7 Å². The van der Waals surface area contributed by atoms with Crippen molar-refractivity contribution in [1.82, 2.24) is 0 Å². The second-order valence-electron chi connectivity index (χ2n) is 5.48. The standard InChI is InChI=1S/C17H29NO4/c1-4-7-9-10-11-17(14-18,16(20)21-6-3)13-15(19)22-12-8-5-2/h4-13H2,1-3H3. The van der Waals surface area contributed by atoms with Gasteiger partial charge in [0.15, 0.2) is 5.41 Å². The minimum atomic E-state index is -1.41. The highest BCUT2D eigenvalue weighted by molar-refractivity contribution is 5.86. The third-order valence-electron chi connectivity index (χ3n) is 3.54. The summed E-state index contributed by atoms with van der Waals surface area (Å²) in [7, 11) is 0. The van der Waals surface area contributed by atoms with Crippen molar-refractivity contribution >= 4 is 11.9 Å². The summed E-state index contributed by atoms with van der Waals surface area (Å²) < 4.78 is 10.1. The first kappa shape index (κ1) is 20.4. The Morgan fingerprint density at radius 3 is 2.23 bits per heavy atom. The van der Waals surface area contributed by atoms with Crippen LogP contribution in [0.5, 0.6) is 0 Å². The van der Waals surface area contributed by atoms with E-state index in [0.717, 1.165) is 38.5 Å². The molecule has 0 saturated carbocycles. The molecule has 5 heteroatoms. The number of hydrogen-bond acceptors (Lipinski definition) is 5. The summed E-state index contributed by atoms with van der Waals surface area (Å²) >= 11 is 0. The fraction of sp³-hybridized carbons (Fsp3) is 0.824. The molecule has 5 nitrogen and oxygen atoms in total. The Morgan fingerprint density at radius 2 is 1.68 bits per heavy atom. The van der Waals surface area contributed by atoms with E-state index in [1.54, 1.807) is 6.92 Å². The van der Waals surface area contributed by atoms with E-state index in [2.05, 4.69) is 6.92 Å². The second-order valence-corrected chi connectivity index (χ2v) is 5.48. The predicted molar refractivity (Wildman–Crippen MR) is 83.9 cm³/mol. The van der Waals surface area contributed by atoms with Gasteiger partial charge in [0.1, 0.15) is 0 Å². The number of hydrogen-bond donors (Lipinski definition) is 0. The third kappa shape index (κ3) is 7.44. The van der Waals surface area contributed by atoms with Gasteiger partial charge in [-0.05, 0) is 19.8 Å². The number of carbonyl (C=O) groups excluding carboxylic acids is 2. The second kappa shape index (κ2) is 12.0. The van der Waals surface area contributed by atoms with Crippen LogP contribution in [0.25, 0.3) is 0 Å². The van der Waals surface area contributed by atoms with Crippen LogP contribution in [0.3, 0.4) is 0 Å². The Kier molecular flexibility index (Phi) is 11.2. The molecule has 0 radical (unpaired) electrons. The predicted octanol–water partition coefficient (Wildman–Crippen LogP) is 3.76. The van der Waals surface area contributed by atoms with Crippen molar-refractivity contribution in [3.05, 3.63) is 0 Å². The maximum Gasteiger partial charge on any atom is 0.327 e. The van der Waals surface area contributed by atoms with Crippen LogP contribution >= 0.6 is 0 Å². The topological polar surface area (TPSA) is 76.4 Å². The molecule has 0 saturated heterocycles. The van der Waals surface area contributed by atoms with E-state index in [-0.39, 0.29) is 13.0 Å². The first-order valence-electron chi connectivity index (χ1n) is 8.30. The number of ether oxygens (including phenoxy) is 2. The van der Waals surface area contributed by atoms with Crippen molar-refractivity contribution in [2.24, 2.45) is 5.41 Å². The van der Waals surface area contributed by atoms with E-state index >= 15 is 0 Å². The van der Waals surface area contributed by atoms with Gasteiger partial charge in [-0.2, -0.15) is 5.26 Å². The van der Waals surface area contributed by atoms with Crippen molar-refractivity contribution in [2.75, 3.05) is 13.2 Å². The molecule has 0 fully saturated rings. The third-order valence-corrected chi connectivity index (χ3v) is 3.54. The molecule has 0 aliphatic heterocycles. The Balaban J connectivity index is 4.78. The van der Waals surface area contributed by atoms with Crippen LogP contribution in [-0.4, -0.2) is 25.2 Å². The Hall–Kier alpha value is -1.57. The average molecular weight is 311 g/mol. The molecule has 1 atom stereocenters. The Labute approximate surface area is 134 Å². The Bertz CT molecular complexity index is 375. The summed E-state index contributed by atoms with van der Waals surface area (Å²) in [4.78, 5) is 24.1. The molecule has 0 aromatic heterocycles. The average Bonchev–Trinajstić information content (AvgIpc) is 2.51. The zero-order valence-corrected chi connectivity index (χ0v) is 14.2. The number of rotatable bonds is 12. The van der Waals surface area contributed by atoms with Crippen molar-refractivity contribution < 1.29 is 19.1 Å². The monoisotopic (exact) mass is 311 g/mol. The molecule has 0 amide bonds. The number of unbranched alkanes of at least 4 members (excludes halogenated alkanes) is 4. The molecule has 22 heavy (non-hydrogen) atoms. The van der Waals surface area contributed by atoms with Crippen molar-refractivity contribution in [2.45, 2.75) is 72.1 Å². The van der Waals surface area contributed by atoms with E-state index < -0.39 is 17.4 Å². The summed E-state index contributed by atoms with van der Waals surface area (Å²) in [5.41, 5.74) is -1.41. The number of carbonyl (C=O) groups is 2. The lowest BCUT2D eigenvalue weighted by Gasteiger charge is -2.23. The Morgan fingerprint density at radius 1 is 1.00 bits per heavy atom. The van der Waals surface area contributed by atoms with Gasteiger partial charge in [-0.3, -0.25) is 9.59 Å². The fourth-order valence-electron chi connectivity index (χ4n) is 2.15. The normalized spacial score (nSPS) is 13.0. The fourth-order valence-corrected chi connectivity index (χ4v) is 2.15. The molecule has 126 valence electrons. The highest BCUT2D eigenvalue weighted by Crippen LogP contribution is 2.31. The number of nitrogens with zero attached hydrogens (tertiary/aromatic N) is 1. The van der Waals surface area contributed by atoms with Gasteiger partial charge in [-0.25, -0.2) is 0 Å². The van der Waals surface area contributed by atoms with Gasteiger partial charge >= 0.3 is 11.9 Å². The molecule has 0 N–H and O–H groups in total. The minimum Gasteiger partial charge on any atom is -0.466 e. The molecule has 0 aliphatic rings. The zero-order valence-electron chi connectivity index (χ0n) is 14.2. The van der Waals surface area contributed by atoms with Gasteiger partial charge in [-0.15, -0.1) is 0 Å². The molecule has 0 rings (SSSR count). The van der Waals surface area contributed by atoms with E-state index in [0.29, 0.717) is 13.0 Å². The van der Waals surface area contributed by atoms with Crippen molar-refractivity contribution in [3.8, 4) is 6.07 Å². The summed E-state index contributed by atoms with van der Waals surface area (Å²) in [6.45, 7) is 6.31. The van der Waals surface area contributed by atoms with E-state index in [9.17, 15) is 14.9 Å². The molecular weight excluding hydrogens is 282 g/mol. The maximum atomic E-state index is 12.2. The van der Waals surface area contributed by atoms with Gasteiger partial charge in [0.2, 0.25) is 0 Å². The smallest absolute Gasteiger partial charge is 0.327 e. The van der Waals surface area contributed by atoms with Crippen molar-refractivity contribution in [3.63, 3.8) is 0 Å². The highest BCUT2D eigenvalue weighted by Gasteiger charge is 2.42. The molecule has 0 heterocycles. The maximum absolute atomic E-state index is 12.2. The van der Waals surface area contributed by atoms with Crippen LogP contribution in [0.1, 0.15) is 72.1 Å². The minimum absolute atomic E-state index is 0.197. The molecule has 1 unspecified atom stereocenters. The van der Waals surface area contributed by atoms with Gasteiger partial charge < -0.3 is 9.47 Å². The van der Waals surface area contributed by atoms with Crippen LogP contribution < -0.4 is 0 Å². The molecular formula is C17H29NO4. The highest BCUT2D eigenvalue weighted by atomic mass is 16.5. The lowest BCUT2D eigenvalue weighted by molar-refractivity contribution is -0.159. The van der Waals surface area contributed by atoms with Gasteiger partial charge in [0, 0.05) is 0 Å². The molecule has 0 spiro atoms. The summed E-state index contributed by atoms with van der Waals surface area (Å²) in [5.74, 6) is -1.11. The summed E-state index contributed by atoms with van der Waals surface area (Å²) in [6, 6.07) is 2.02. The van der Waals surface area contributed by atoms with E-state index in [4.69, 9.17) is 9.47 Å². The lowest BCUT2D eigenvalue weighted by Crippen LogP contribution is -2.35. The SMILES string of the molecule is CCCCCCC(C#N)(CC(=O)OCCCC)C(=O)OCC. The molecule has 0 aliphatic carbocycles. The number of esters is 2. The van der Waals surface area contributed by atoms with E-state index in [1.807, 2.05) is 13.0 Å². The van der Waals surface area contributed by atoms with Crippen LogP contribution in [0.15, 0.2) is 0 Å². The zero-order chi connectivity index (χ0) is 16.8. The summed E-state index contributed by atoms with van der Waals surface area (Å²) in [6.07, 6.45) is 5.59. The van der Waals surface area contributed by atoms with Crippen LogP contribution in [0.2, 0.25) is 0 Å². The molecule has 0 bridgehead atoms. The largest absolute Gasteiger partial charge is 0.466 e. The lowest BCUT2D eigenvalue weighted by atomic mass is 9.80. The summed E-state index contributed by atoms with van der Waals surface area (Å²) in [5, 5.41) is 9.49. The van der Waals surface area contributed by atoms with Gasteiger partial charge in [-0.1, -0.05) is 46.0 Å². The van der Waals surface area contributed by atoms with E-state index in [1.165, 1.54) is 0 Å². The first-order valence-corrected chi connectivity index (χ1v) is 8.30.